The van der Waals surface area contributed by atoms with Gasteiger partial charge in [0.25, 0.3) is 5.91 Å². The Morgan fingerprint density at radius 3 is 2.41 bits per heavy atom. The largest absolute Gasteiger partial charge is 0.497 e. The van der Waals surface area contributed by atoms with Crippen LogP contribution in [-0.2, 0) is 14.3 Å². The number of carbonyl (C=O) groups excluding carboxylic acids is 2. The Labute approximate surface area is 157 Å². The molecule has 1 aromatic carbocycles. The third-order valence-corrected chi connectivity index (χ3v) is 4.13. The monoisotopic (exact) mass is 367 g/mol. The fraction of sp³-hybridized carbons (Fsp3) is 0.250. The minimum absolute atomic E-state index is 0.210. The smallest absolute Gasteiger partial charge is 0.349 e. The van der Waals surface area contributed by atoms with Crippen LogP contribution in [0.4, 0.5) is 0 Å². The number of rotatable bonds is 6. The molecular weight excluding hydrogens is 346 g/mol. The molecule has 1 heterocycles. The number of nitriles is 1. The number of nitrogens with two attached hydrogens (primary N) is 1. The first-order chi connectivity index (χ1) is 12.8. The Morgan fingerprint density at radius 1 is 1.26 bits per heavy atom. The van der Waals surface area contributed by atoms with Crippen molar-refractivity contribution < 1.29 is 19.1 Å². The molecule has 0 saturated carbocycles. The lowest BCUT2D eigenvalue weighted by Crippen LogP contribution is -2.30. The van der Waals surface area contributed by atoms with Crippen LogP contribution in [0, 0.1) is 25.2 Å². The van der Waals surface area contributed by atoms with Gasteiger partial charge in [0.1, 0.15) is 17.4 Å². The van der Waals surface area contributed by atoms with Gasteiger partial charge in [0.2, 0.25) is 0 Å². The minimum atomic E-state index is -1.11. The third kappa shape index (κ3) is 4.36. The van der Waals surface area contributed by atoms with Gasteiger partial charge in [-0.05, 0) is 62.7 Å². The number of aromatic nitrogens is 1. The van der Waals surface area contributed by atoms with Crippen LogP contribution >= 0.6 is 0 Å². The lowest BCUT2D eigenvalue weighted by molar-refractivity contribution is -0.149. The van der Waals surface area contributed by atoms with E-state index in [9.17, 15) is 14.9 Å². The second-order valence-corrected chi connectivity index (χ2v) is 5.98. The van der Waals surface area contributed by atoms with Crippen molar-refractivity contribution in [2.45, 2.75) is 26.9 Å². The molecule has 7 heteroatoms. The van der Waals surface area contributed by atoms with Crippen molar-refractivity contribution in [2.24, 2.45) is 5.73 Å². The molecular formula is C20H21N3O4. The lowest BCUT2D eigenvalue weighted by Gasteiger charge is -2.10. The first-order valence-electron chi connectivity index (χ1n) is 8.24. The average Bonchev–Trinajstić information content (AvgIpc) is 2.92. The summed E-state index contributed by atoms with van der Waals surface area (Å²) in [5, 5.41) is 9.29. The van der Waals surface area contributed by atoms with Gasteiger partial charge in [-0.1, -0.05) is 0 Å². The van der Waals surface area contributed by atoms with E-state index < -0.39 is 18.0 Å². The van der Waals surface area contributed by atoms with E-state index >= 15 is 0 Å². The van der Waals surface area contributed by atoms with Gasteiger partial charge in [-0.15, -0.1) is 0 Å². The maximum Gasteiger partial charge on any atom is 0.349 e. The number of aryl methyl sites for hydroxylation is 1. The topological polar surface area (TPSA) is 107 Å². The number of amides is 1. The van der Waals surface area contributed by atoms with Crippen LogP contribution < -0.4 is 10.5 Å². The SMILES string of the molecule is COc1ccc(-n2c(C)cc(/C=C(\C#N)C(=O)OC(C)C(N)=O)c2C)cc1. The van der Waals surface area contributed by atoms with E-state index in [2.05, 4.69) is 0 Å². The zero-order valence-corrected chi connectivity index (χ0v) is 15.6. The van der Waals surface area contributed by atoms with Crippen molar-refractivity contribution in [1.82, 2.24) is 4.57 Å². The minimum Gasteiger partial charge on any atom is -0.497 e. The molecule has 2 rings (SSSR count). The van der Waals surface area contributed by atoms with Crippen molar-refractivity contribution >= 4 is 18.0 Å². The fourth-order valence-corrected chi connectivity index (χ4v) is 2.64. The zero-order valence-electron chi connectivity index (χ0n) is 15.6. The number of benzene rings is 1. The summed E-state index contributed by atoms with van der Waals surface area (Å²) in [6.07, 6.45) is 0.333. The Balaban J connectivity index is 2.38. The average molecular weight is 367 g/mol. The Kier molecular flexibility index (Phi) is 6.03. The van der Waals surface area contributed by atoms with Gasteiger partial charge in [0.05, 0.1) is 7.11 Å². The van der Waals surface area contributed by atoms with Crippen LogP contribution in [0.3, 0.4) is 0 Å². The van der Waals surface area contributed by atoms with E-state index in [-0.39, 0.29) is 5.57 Å². The number of nitrogens with zero attached hydrogens (tertiary/aromatic N) is 2. The highest BCUT2D eigenvalue weighted by atomic mass is 16.5. The molecule has 0 aliphatic carbocycles. The van der Waals surface area contributed by atoms with Crippen molar-refractivity contribution in [3.05, 3.63) is 52.9 Å². The Morgan fingerprint density at radius 2 is 1.89 bits per heavy atom. The van der Waals surface area contributed by atoms with Crippen LogP contribution in [0.5, 0.6) is 5.75 Å². The van der Waals surface area contributed by atoms with Gasteiger partial charge in [-0.25, -0.2) is 4.79 Å². The molecule has 7 nitrogen and oxygen atoms in total. The maximum atomic E-state index is 12.1. The third-order valence-electron chi connectivity index (χ3n) is 4.13. The van der Waals surface area contributed by atoms with Crippen LogP contribution in [0.15, 0.2) is 35.9 Å². The number of esters is 1. The maximum absolute atomic E-state index is 12.1. The molecule has 0 bridgehead atoms. The predicted octanol–water partition coefficient (Wildman–Crippen LogP) is 2.43. The van der Waals surface area contributed by atoms with Gasteiger partial charge in [-0.2, -0.15) is 5.26 Å². The second-order valence-electron chi connectivity index (χ2n) is 5.98. The van der Waals surface area contributed by atoms with E-state index in [1.807, 2.05) is 54.8 Å². The van der Waals surface area contributed by atoms with Crippen LogP contribution in [-0.4, -0.2) is 29.7 Å². The Hall–Kier alpha value is -3.53. The molecule has 1 aromatic heterocycles. The van der Waals surface area contributed by atoms with Crippen LogP contribution in [0.1, 0.15) is 23.9 Å². The van der Waals surface area contributed by atoms with Gasteiger partial charge < -0.3 is 19.8 Å². The van der Waals surface area contributed by atoms with E-state index in [0.29, 0.717) is 5.56 Å². The number of carbonyl (C=O) groups is 2. The van der Waals surface area contributed by atoms with Gasteiger partial charge in [-0.3, -0.25) is 4.79 Å². The van der Waals surface area contributed by atoms with E-state index in [1.165, 1.54) is 13.0 Å². The summed E-state index contributed by atoms with van der Waals surface area (Å²) in [5.41, 5.74) is 8.27. The first kappa shape index (κ1) is 19.8. The number of ether oxygens (including phenoxy) is 2. The van der Waals surface area contributed by atoms with Crippen molar-refractivity contribution in [3.63, 3.8) is 0 Å². The molecule has 0 saturated heterocycles. The molecule has 27 heavy (non-hydrogen) atoms. The molecule has 140 valence electrons. The highest BCUT2D eigenvalue weighted by Crippen LogP contribution is 2.24. The van der Waals surface area contributed by atoms with Crippen LogP contribution in [0.2, 0.25) is 0 Å². The highest BCUT2D eigenvalue weighted by Gasteiger charge is 2.19. The van der Waals surface area contributed by atoms with E-state index in [0.717, 1.165) is 22.8 Å². The molecule has 1 unspecified atom stereocenters. The summed E-state index contributed by atoms with van der Waals surface area (Å²) in [4.78, 5) is 23.1. The van der Waals surface area contributed by atoms with Gasteiger partial charge >= 0.3 is 5.97 Å². The number of hydrogen-bond donors (Lipinski definition) is 1. The second kappa shape index (κ2) is 8.23. The van der Waals surface area contributed by atoms with Crippen molar-refractivity contribution in [1.29, 1.82) is 5.26 Å². The molecule has 0 spiro atoms. The van der Waals surface area contributed by atoms with Crippen molar-refractivity contribution in [3.8, 4) is 17.5 Å². The summed E-state index contributed by atoms with van der Waals surface area (Å²) in [5.74, 6) is -0.921. The van der Waals surface area contributed by atoms with Gasteiger partial charge in [0, 0.05) is 17.1 Å². The normalized spacial score (nSPS) is 12.2. The molecule has 1 atom stereocenters. The van der Waals surface area contributed by atoms with Crippen LogP contribution in [0.25, 0.3) is 11.8 Å². The van der Waals surface area contributed by atoms with E-state index in [4.69, 9.17) is 15.2 Å². The molecule has 0 radical (unpaired) electrons. The first-order valence-corrected chi connectivity index (χ1v) is 8.24. The summed E-state index contributed by atoms with van der Waals surface area (Å²) >= 11 is 0. The zero-order chi connectivity index (χ0) is 20.1. The molecule has 0 fully saturated rings. The summed E-state index contributed by atoms with van der Waals surface area (Å²) in [6, 6.07) is 11.2. The molecule has 0 aliphatic heterocycles. The van der Waals surface area contributed by atoms with Gasteiger partial charge in [0.15, 0.2) is 6.10 Å². The fourth-order valence-electron chi connectivity index (χ4n) is 2.64. The molecule has 1 amide bonds. The predicted molar refractivity (Wildman–Crippen MR) is 100 cm³/mol. The van der Waals surface area contributed by atoms with Crippen molar-refractivity contribution in [2.75, 3.05) is 7.11 Å². The molecule has 2 aromatic rings. The quantitative estimate of drug-likeness (QED) is 0.479. The number of methoxy groups -OCH3 is 1. The standard InChI is InChI=1S/C20H21N3O4/c1-12-9-15(10-16(11-21)20(25)27-14(3)19(22)24)13(2)23(12)17-5-7-18(26-4)8-6-17/h5-10,14H,1-4H3,(H2,22,24)/b16-10+. The lowest BCUT2D eigenvalue weighted by atomic mass is 10.1. The molecule has 0 aliphatic rings. The highest BCUT2D eigenvalue weighted by molar-refractivity contribution is 5.99. The number of hydrogen-bond acceptors (Lipinski definition) is 5. The Bertz CT molecular complexity index is 933. The number of primary amides is 1. The molecule has 2 N–H and O–H groups in total. The van der Waals surface area contributed by atoms with E-state index in [1.54, 1.807) is 7.11 Å². The summed E-state index contributed by atoms with van der Waals surface area (Å²) in [7, 11) is 1.60. The summed E-state index contributed by atoms with van der Waals surface area (Å²) < 4.78 is 12.1. The summed E-state index contributed by atoms with van der Waals surface area (Å²) in [6.45, 7) is 5.16.